The van der Waals surface area contributed by atoms with Gasteiger partial charge in [-0.1, -0.05) is 6.07 Å². The van der Waals surface area contributed by atoms with Crippen molar-refractivity contribution in [2.75, 3.05) is 6.54 Å². The molecule has 0 bridgehead atoms. The van der Waals surface area contributed by atoms with E-state index in [1.54, 1.807) is 0 Å². The van der Waals surface area contributed by atoms with Crippen LogP contribution in [-0.2, 0) is 6.42 Å². The Morgan fingerprint density at radius 3 is 3.17 bits per heavy atom. The van der Waals surface area contributed by atoms with Crippen molar-refractivity contribution in [1.29, 1.82) is 0 Å². The standard InChI is InChI=1S/C10H14N2/c1-2-6-11-9(4-1)8-10-5-3-7-12-10/h1-2,4,6,10,12H,3,5,7-8H2/p+1/t10-/m1/s1. The van der Waals surface area contributed by atoms with Crippen LogP contribution < -0.4 is 5.32 Å². The zero-order valence-electron chi connectivity index (χ0n) is 7.24. The summed E-state index contributed by atoms with van der Waals surface area (Å²) in [5.74, 6) is 0. The van der Waals surface area contributed by atoms with Gasteiger partial charge in [0.15, 0.2) is 0 Å². The van der Waals surface area contributed by atoms with Crippen LogP contribution in [0, 0.1) is 0 Å². The first-order valence-electron chi connectivity index (χ1n) is 4.68. The lowest BCUT2D eigenvalue weighted by molar-refractivity contribution is -0.669. The van der Waals surface area contributed by atoms with E-state index in [9.17, 15) is 0 Å². The zero-order valence-corrected chi connectivity index (χ0v) is 7.24. The fraction of sp³-hybridized carbons (Fsp3) is 0.500. The Balaban J connectivity index is 1.94. The van der Waals surface area contributed by atoms with E-state index < -0.39 is 0 Å². The van der Waals surface area contributed by atoms with Gasteiger partial charge in [-0.15, -0.1) is 0 Å². The zero-order chi connectivity index (χ0) is 8.23. The first-order valence-corrected chi connectivity index (χ1v) is 4.68. The monoisotopic (exact) mass is 163 g/mol. The van der Waals surface area contributed by atoms with Gasteiger partial charge in [0, 0.05) is 31.2 Å². The van der Waals surface area contributed by atoms with Crippen molar-refractivity contribution in [3.8, 4) is 0 Å². The molecule has 1 atom stereocenters. The molecule has 1 fully saturated rings. The predicted octanol–water partition coefficient (Wildman–Crippen LogP) is 0.350. The number of pyridine rings is 1. The van der Waals surface area contributed by atoms with E-state index in [2.05, 4.69) is 22.4 Å². The molecule has 0 spiro atoms. The van der Waals surface area contributed by atoms with Gasteiger partial charge in [-0.25, -0.2) is 0 Å². The van der Waals surface area contributed by atoms with E-state index in [-0.39, 0.29) is 0 Å². The quantitative estimate of drug-likeness (QED) is 0.670. The summed E-state index contributed by atoms with van der Waals surface area (Å²) in [5, 5.41) is 2.44. The highest BCUT2D eigenvalue weighted by molar-refractivity contribution is 5.04. The number of quaternary nitrogens is 1. The van der Waals surface area contributed by atoms with Gasteiger partial charge in [0.25, 0.3) is 0 Å². The molecule has 0 aliphatic carbocycles. The van der Waals surface area contributed by atoms with E-state index in [1.165, 1.54) is 25.1 Å². The molecular formula is C10H15N2+. The van der Waals surface area contributed by atoms with Gasteiger partial charge in [0.05, 0.1) is 12.6 Å². The summed E-state index contributed by atoms with van der Waals surface area (Å²) in [6.07, 6.45) is 5.75. The van der Waals surface area contributed by atoms with Gasteiger partial charge in [-0.05, 0) is 12.1 Å². The number of nitrogens with two attached hydrogens (primary N) is 1. The summed E-state index contributed by atoms with van der Waals surface area (Å²) in [4.78, 5) is 4.32. The summed E-state index contributed by atoms with van der Waals surface area (Å²) in [6.45, 7) is 1.30. The second-order valence-electron chi connectivity index (χ2n) is 3.45. The molecule has 1 saturated heterocycles. The molecule has 2 N–H and O–H groups in total. The highest BCUT2D eigenvalue weighted by atomic mass is 14.9. The summed E-state index contributed by atoms with van der Waals surface area (Å²) < 4.78 is 0. The Morgan fingerprint density at radius 2 is 2.50 bits per heavy atom. The molecule has 0 aromatic carbocycles. The maximum Gasteiger partial charge on any atom is 0.0917 e. The van der Waals surface area contributed by atoms with Crippen molar-refractivity contribution in [3.63, 3.8) is 0 Å². The Labute approximate surface area is 73.0 Å². The summed E-state index contributed by atoms with van der Waals surface area (Å²) in [5.41, 5.74) is 1.24. The molecule has 12 heavy (non-hydrogen) atoms. The van der Waals surface area contributed by atoms with Crippen LogP contribution in [0.3, 0.4) is 0 Å². The second kappa shape index (κ2) is 3.68. The SMILES string of the molecule is c1ccc(C[C@H]2CCC[NH2+]2)nc1. The average molecular weight is 163 g/mol. The van der Waals surface area contributed by atoms with Gasteiger partial charge in [-0.2, -0.15) is 0 Å². The summed E-state index contributed by atoms with van der Waals surface area (Å²) in [6, 6.07) is 6.95. The van der Waals surface area contributed by atoms with E-state index in [1.807, 2.05) is 12.3 Å². The third-order valence-electron chi connectivity index (χ3n) is 2.48. The van der Waals surface area contributed by atoms with Crippen molar-refractivity contribution in [2.24, 2.45) is 0 Å². The molecule has 1 aromatic heterocycles. The molecule has 1 aliphatic heterocycles. The smallest absolute Gasteiger partial charge is 0.0917 e. The van der Waals surface area contributed by atoms with E-state index in [4.69, 9.17) is 0 Å². The number of hydrogen-bond donors (Lipinski definition) is 1. The fourth-order valence-corrected chi connectivity index (χ4v) is 1.82. The van der Waals surface area contributed by atoms with E-state index >= 15 is 0 Å². The molecule has 2 heteroatoms. The van der Waals surface area contributed by atoms with Gasteiger partial charge >= 0.3 is 0 Å². The predicted molar refractivity (Wildman–Crippen MR) is 47.8 cm³/mol. The highest BCUT2D eigenvalue weighted by Gasteiger charge is 2.18. The van der Waals surface area contributed by atoms with E-state index in [0.29, 0.717) is 0 Å². The summed E-state index contributed by atoms with van der Waals surface area (Å²) >= 11 is 0. The van der Waals surface area contributed by atoms with Gasteiger partial charge < -0.3 is 5.32 Å². The maximum absolute atomic E-state index is 4.32. The number of rotatable bonds is 2. The maximum atomic E-state index is 4.32. The van der Waals surface area contributed by atoms with Gasteiger partial charge in [0.1, 0.15) is 0 Å². The Bertz CT molecular complexity index is 227. The van der Waals surface area contributed by atoms with Crippen molar-refractivity contribution < 1.29 is 5.32 Å². The van der Waals surface area contributed by atoms with Crippen LogP contribution in [0.15, 0.2) is 24.4 Å². The second-order valence-corrected chi connectivity index (χ2v) is 3.45. The number of aromatic nitrogens is 1. The van der Waals surface area contributed by atoms with Crippen LogP contribution in [0.5, 0.6) is 0 Å². The summed E-state index contributed by atoms with van der Waals surface area (Å²) in [7, 11) is 0. The molecule has 0 amide bonds. The fourth-order valence-electron chi connectivity index (χ4n) is 1.82. The molecule has 0 radical (unpaired) electrons. The minimum Gasteiger partial charge on any atom is -0.343 e. The molecule has 2 rings (SSSR count). The lowest BCUT2D eigenvalue weighted by Gasteiger charge is -2.04. The van der Waals surface area contributed by atoms with Crippen LogP contribution in [-0.4, -0.2) is 17.6 Å². The Kier molecular flexibility index (Phi) is 2.37. The van der Waals surface area contributed by atoms with Gasteiger partial charge in [0.2, 0.25) is 0 Å². The minimum absolute atomic E-state index is 0.792. The molecule has 64 valence electrons. The van der Waals surface area contributed by atoms with Crippen molar-refractivity contribution >= 4 is 0 Å². The average Bonchev–Trinajstić information content (AvgIpc) is 2.59. The highest BCUT2D eigenvalue weighted by Crippen LogP contribution is 2.04. The topological polar surface area (TPSA) is 29.5 Å². The third-order valence-corrected chi connectivity index (χ3v) is 2.48. The van der Waals surface area contributed by atoms with Crippen LogP contribution in [0.4, 0.5) is 0 Å². The van der Waals surface area contributed by atoms with Crippen molar-refractivity contribution in [1.82, 2.24) is 4.98 Å². The van der Waals surface area contributed by atoms with Crippen molar-refractivity contribution in [3.05, 3.63) is 30.1 Å². The first kappa shape index (κ1) is 7.74. The molecule has 1 aromatic rings. The molecule has 0 saturated carbocycles. The Morgan fingerprint density at radius 1 is 1.50 bits per heavy atom. The number of hydrogen-bond acceptors (Lipinski definition) is 1. The van der Waals surface area contributed by atoms with Crippen LogP contribution in [0.1, 0.15) is 18.5 Å². The molecule has 0 unspecified atom stereocenters. The van der Waals surface area contributed by atoms with Gasteiger partial charge in [-0.3, -0.25) is 4.98 Å². The van der Waals surface area contributed by atoms with Crippen LogP contribution >= 0.6 is 0 Å². The lowest BCUT2D eigenvalue weighted by atomic mass is 10.1. The first-order chi connectivity index (χ1) is 5.95. The Hall–Kier alpha value is -0.890. The molecule has 1 aliphatic rings. The van der Waals surface area contributed by atoms with Crippen LogP contribution in [0.25, 0.3) is 0 Å². The molecular weight excluding hydrogens is 148 g/mol. The van der Waals surface area contributed by atoms with E-state index in [0.717, 1.165) is 12.5 Å². The van der Waals surface area contributed by atoms with Crippen molar-refractivity contribution in [2.45, 2.75) is 25.3 Å². The number of nitrogens with zero attached hydrogens (tertiary/aromatic N) is 1. The normalized spacial score (nSPS) is 22.8. The van der Waals surface area contributed by atoms with Crippen LogP contribution in [0.2, 0.25) is 0 Å². The molecule has 2 nitrogen and oxygen atoms in total. The minimum atomic E-state index is 0.792. The largest absolute Gasteiger partial charge is 0.343 e. The molecule has 2 heterocycles. The third kappa shape index (κ3) is 1.83. The lowest BCUT2D eigenvalue weighted by Crippen LogP contribution is -2.87.